The van der Waals surface area contributed by atoms with E-state index >= 15 is 0 Å². The molecule has 1 amide bonds. The maximum atomic E-state index is 12.5. The van der Waals surface area contributed by atoms with E-state index in [0.29, 0.717) is 18.7 Å². The number of rotatable bonds is 5. The van der Waals surface area contributed by atoms with Gasteiger partial charge in [-0.1, -0.05) is 19.4 Å². The molecule has 0 aliphatic rings. The van der Waals surface area contributed by atoms with Crippen LogP contribution in [-0.4, -0.2) is 33.3 Å². The fraction of sp³-hybridized carbons (Fsp3) is 0.438. The maximum absolute atomic E-state index is 12.5. The Morgan fingerprint density at radius 1 is 1.33 bits per heavy atom. The Morgan fingerprint density at radius 3 is 2.76 bits per heavy atom. The van der Waals surface area contributed by atoms with Gasteiger partial charge in [-0.3, -0.25) is 14.0 Å². The summed E-state index contributed by atoms with van der Waals surface area (Å²) in [5.74, 6) is -0.237. The number of fused-ring (bicyclic) bond motifs is 1. The minimum Gasteiger partial charge on any atom is -0.339 e. The summed E-state index contributed by atoms with van der Waals surface area (Å²) in [6.45, 7) is 7.16. The first kappa shape index (κ1) is 15.2. The SMILES string of the molecule is CCCCN(CC)C(=O)c1cnc2ccc(C)cn2c1=O. The first-order chi connectivity index (χ1) is 10.1. The highest BCUT2D eigenvalue weighted by Crippen LogP contribution is 2.05. The van der Waals surface area contributed by atoms with E-state index in [2.05, 4.69) is 11.9 Å². The van der Waals surface area contributed by atoms with Crippen molar-refractivity contribution in [3.05, 3.63) is 46.0 Å². The van der Waals surface area contributed by atoms with E-state index in [1.807, 2.05) is 19.9 Å². The Morgan fingerprint density at radius 2 is 2.10 bits per heavy atom. The van der Waals surface area contributed by atoms with E-state index in [9.17, 15) is 9.59 Å². The smallest absolute Gasteiger partial charge is 0.270 e. The molecule has 0 N–H and O–H groups in total. The van der Waals surface area contributed by atoms with Gasteiger partial charge in [-0.15, -0.1) is 0 Å². The van der Waals surface area contributed by atoms with Gasteiger partial charge in [0.2, 0.25) is 0 Å². The minimum atomic E-state index is -0.302. The third-order valence-corrected chi connectivity index (χ3v) is 3.53. The van der Waals surface area contributed by atoms with Crippen molar-refractivity contribution in [2.75, 3.05) is 13.1 Å². The topological polar surface area (TPSA) is 54.7 Å². The van der Waals surface area contributed by atoms with Crippen LogP contribution in [0.5, 0.6) is 0 Å². The fourth-order valence-corrected chi connectivity index (χ4v) is 2.25. The Bertz CT molecular complexity index is 706. The molecule has 0 bridgehead atoms. The number of hydrogen-bond donors (Lipinski definition) is 0. The molecule has 112 valence electrons. The van der Waals surface area contributed by atoms with Gasteiger partial charge in [-0.25, -0.2) is 4.98 Å². The van der Waals surface area contributed by atoms with Gasteiger partial charge in [0.1, 0.15) is 11.2 Å². The van der Waals surface area contributed by atoms with Gasteiger partial charge in [0.05, 0.1) is 0 Å². The highest BCUT2D eigenvalue weighted by molar-refractivity contribution is 5.93. The van der Waals surface area contributed by atoms with Crippen molar-refractivity contribution in [2.24, 2.45) is 0 Å². The molecule has 5 heteroatoms. The lowest BCUT2D eigenvalue weighted by Crippen LogP contribution is -2.36. The quantitative estimate of drug-likeness (QED) is 0.847. The van der Waals surface area contributed by atoms with Gasteiger partial charge in [0, 0.05) is 25.5 Å². The lowest BCUT2D eigenvalue weighted by atomic mass is 10.2. The molecule has 0 aliphatic heterocycles. The summed E-state index contributed by atoms with van der Waals surface area (Å²) < 4.78 is 1.44. The number of unbranched alkanes of at least 4 members (excludes halogenated alkanes) is 1. The number of amides is 1. The zero-order valence-electron chi connectivity index (χ0n) is 12.8. The van der Waals surface area contributed by atoms with Crippen LogP contribution in [0.3, 0.4) is 0 Å². The van der Waals surface area contributed by atoms with Crippen molar-refractivity contribution >= 4 is 11.6 Å². The summed E-state index contributed by atoms with van der Waals surface area (Å²) in [5, 5.41) is 0. The zero-order chi connectivity index (χ0) is 15.4. The molecule has 0 radical (unpaired) electrons. The van der Waals surface area contributed by atoms with Gasteiger partial charge < -0.3 is 4.90 Å². The molecule has 0 fully saturated rings. The molecule has 21 heavy (non-hydrogen) atoms. The van der Waals surface area contributed by atoms with E-state index in [1.54, 1.807) is 17.2 Å². The molecule has 0 aromatic carbocycles. The molecule has 0 unspecified atom stereocenters. The average Bonchev–Trinajstić information content (AvgIpc) is 2.49. The van der Waals surface area contributed by atoms with E-state index in [-0.39, 0.29) is 17.0 Å². The monoisotopic (exact) mass is 287 g/mol. The van der Waals surface area contributed by atoms with Crippen LogP contribution in [0.25, 0.3) is 5.65 Å². The van der Waals surface area contributed by atoms with Gasteiger partial charge in [-0.05, 0) is 31.9 Å². The van der Waals surface area contributed by atoms with Crippen LogP contribution in [0.15, 0.2) is 29.3 Å². The van der Waals surface area contributed by atoms with E-state index in [4.69, 9.17) is 0 Å². The Kier molecular flexibility index (Phi) is 4.73. The van der Waals surface area contributed by atoms with Crippen LogP contribution in [0.2, 0.25) is 0 Å². The number of aryl methyl sites for hydroxylation is 1. The Hall–Kier alpha value is -2.17. The highest BCUT2D eigenvalue weighted by Gasteiger charge is 2.18. The van der Waals surface area contributed by atoms with Crippen LogP contribution in [0, 0.1) is 6.92 Å². The zero-order valence-corrected chi connectivity index (χ0v) is 12.8. The number of pyridine rings is 1. The second-order valence-electron chi connectivity index (χ2n) is 5.15. The summed E-state index contributed by atoms with van der Waals surface area (Å²) in [6.07, 6.45) is 5.05. The number of nitrogens with zero attached hydrogens (tertiary/aromatic N) is 3. The van der Waals surface area contributed by atoms with Crippen molar-refractivity contribution in [2.45, 2.75) is 33.6 Å². The standard InChI is InChI=1S/C16H21N3O2/c1-4-6-9-18(5-2)15(20)13-10-17-14-8-7-12(3)11-19(14)16(13)21/h7-8,10-11H,4-6,9H2,1-3H3. The third-order valence-electron chi connectivity index (χ3n) is 3.53. The number of hydrogen-bond acceptors (Lipinski definition) is 3. The molecule has 0 spiro atoms. The van der Waals surface area contributed by atoms with E-state index in [1.165, 1.54) is 10.6 Å². The molecule has 2 aromatic heterocycles. The predicted molar refractivity (Wildman–Crippen MR) is 82.7 cm³/mol. The molecule has 2 aromatic rings. The van der Waals surface area contributed by atoms with Crippen LogP contribution in [-0.2, 0) is 0 Å². The van der Waals surface area contributed by atoms with E-state index < -0.39 is 0 Å². The summed E-state index contributed by atoms with van der Waals surface area (Å²) in [6, 6.07) is 3.67. The van der Waals surface area contributed by atoms with Crippen LogP contribution in [0.1, 0.15) is 42.6 Å². The van der Waals surface area contributed by atoms with Gasteiger partial charge in [-0.2, -0.15) is 0 Å². The predicted octanol–water partition coefficient (Wildman–Crippen LogP) is 2.27. The number of aromatic nitrogens is 2. The lowest BCUT2D eigenvalue weighted by molar-refractivity contribution is 0.0760. The Balaban J connectivity index is 2.44. The molecule has 2 rings (SSSR count). The van der Waals surface area contributed by atoms with Crippen LogP contribution >= 0.6 is 0 Å². The van der Waals surface area contributed by atoms with Crippen molar-refractivity contribution in [3.8, 4) is 0 Å². The van der Waals surface area contributed by atoms with Crippen LogP contribution < -0.4 is 5.56 Å². The third kappa shape index (κ3) is 3.12. The highest BCUT2D eigenvalue weighted by atomic mass is 16.2. The van der Waals surface area contributed by atoms with Gasteiger partial charge in [0.15, 0.2) is 0 Å². The molecule has 0 saturated carbocycles. The normalized spacial score (nSPS) is 10.8. The van der Waals surface area contributed by atoms with Crippen molar-refractivity contribution < 1.29 is 4.79 Å². The second kappa shape index (κ2) is 6.52. The number of carbonyl (C=O) groups is 1. The second-order valence-corrected chi connectivity index (χ2v) is 5.15. The molecule has 0 aliphatic carbocycles. The maximum Gasteiger partial charge on any atom is 0.270 e. The molecule has 5 nitrogen and oxygen atoms in total. The summed E-state index contributed by atoms with van der Waals surface area (Å²) in [5.41, 5.74) is 1.34. The molecular weight excluding hydrogens is 266 g/mol. The van der Waals surface area contributed by atoms with Gasteiger partial charge in [0.25, 0.3) is 11.5 Å². The van der Waals surface area contributed by atoms with Crippen molar-refractivity contribution in [1.82, 2.24) is 14.3 Å². The molecule has 0 saturated heterocycles. The molecule has 2 heterocycles. The summed E-state index contributed by atoms with van der Waals surface area (Å²) >= 11 is 0. The largest absolute Gasteiger partial charge is 0.339 e. The first-order valence-electron chi connectivity index (χ1n) is 7.35. The fourth-order valence-electron chi connectivity index (χ4n) is 2.25. The van der Waals surface area contributed by atoms with E-state index in [0.717, 1.165) is 18.4 Å². The summed E-state index contributed by atoms with van der Waals surface area (Å²) in [7, 11) is 0. The van der Waals surface area contributed by atoms with Crippen LogP contribution in [0.4, 0.5) is 0 Å². The van der Waals surface area contributed by atoms with Crippen molar-refractivity contribution in [3.63, 3.8) is 0 Å². The molecule has 0 atom stereocenters. The Labute approximate surface area is 124 Å². The lowest BCUT2D eigenvalue weighted by Gasteiger charge is -2.20. The number of carbonyl (C=O) groups excluding carboxylic acids is 1. The summed E-state index contributed by atoms with van der Waals surface area (Å²) in [4.78, 5) is 30.9. The average molecular weight is 287 g/mol. The minimum absolute atomic E-state index is 0.135. The van der Waals surface area contributed by atoms with Gasteiger partial charge >= 0.3 is 0 Å². The van der Waals surface area contributed by atoms with Crippen molar-refractivity contribution in [1.29, 1.82) is 0 Å². The first-order valence-corrected chi connectivity index (χ1v) is 7.35. The molecular formula is C16H21N3O2.